The van der Waals surface area contributed by atoms with Crippen LogP contribution < -0.4 is 5.73 Å². The number of hydrogen-bond acceptors (Lipinski definition) is 3. The van der Waals surface area contributed by atoms with E-state index in [9.17, 15) is 0 Å². The van der Waals surface area contributed by atoms with Gasteiger partial charge in [-0.2, -0.15) is 0 Å². The second-order valence-corrected chi connectivity index (χ2v) is 12.3. The summed E-state index contributed by atoms with van der Waals surface area (Å²) >= 11 is 0. The van der Waals surface area contributed by atoms with Crippen molar-refractivity contribution < 1.29 is 0 Å². The Hall–Kier alpha value is -6.72. The molecule has 0 amide bonds. The molecule has 232 valence electrons. The lowest BCUT2D eigenvalue weighted by atomic mass is 9.91. The summed E-state index contributed by atoms with van der Waals surface area (Å²) in [5.41, 5.74) is 22.9. The van der Waals surface area contributed by atoms with Crippen LogP contribution in [0.1, 0.15) is 28.3 Å². The Kier molecular flexibility index (Phi) is 6.87. The summed E-state index contributed by atoms with van der Waals surface area (Å²) < 4.78 is 0. The molecule has 0 spiro atoms. The first-order chi connectivity index (χ1) is 24.2. The molecule has 4 aromatic carbocycles. The van der Waals surface area contributed by atoms with Crippen LogP contribution in [0, 0.1) is 0 Å². The number of nitrogens with one attached hydrogen (secondary N) is 2. The van der Waals surface area contributed by atoms with Gasteiger partial charge in [0.2, 0.25) is 0 Å². The highest BCUT2D eigenvalue weighted by Gasteiger charge is 2.24. The van der Waals surface area contributed by atoms with Gasteiger partial charge in [0.15, 0.2) is 0 Å². The number of hydrogen-bond donors (Lipinski definition) is 3. The van der Waals surface area contributed by atoms with Crippen LogP contribution >= 0.6 is 0 Å². The van der Waals surface area contributed by atoms with Gasteiger partial charge in [-0.1, -0.05) is 103 Å². The van der Waals surface area contributed by atoms with E-state index in [0.29, 0.717) is 5.69 Å². The van der Waals surface area contributed by atoms with Gasteiger partial charge in [0.05, 0.1) is 28.3 Å². The normalized spacial score (nSPS) is 12.2. The number of nitrogens with two attached hydrogens (primary N) is 1. The van der Waals surface area contributed by atoms with Crippen molar-refractivity contribution in [3.05, 3.63) is 174 Å². The highest BCUT2D eigenvalue weighted by Crippen LogP contribution is 2.45. The Morgan fingerprint density at radius 3 is 1.71 bits per heavy atom. The third-order valence-electron chi connectivity index (χ3n) is 9.00. The van der Waals surface area contributed by atoms with E-state index in [1.807, 2.05) is 24.3 Å². The lowest BCUT2D eigenvalue weighted by Gasteiger charge is -2.12. The number of anilines is 1. The maximum atomic E-state index is 6.44. The molecule has 2 aliphatic rings. The summed E-state index contributed by atoms with van der Waals surface area (Å²) in [5.74, 6) is 0. The number of aromatic nitrogens is 4. The van der Waals surface area contributed by atoms with Gasteiger partial charge in [-0.05, 0) is 82.9 Å². The van der Waals surface area contributed by atoms with Crippen molar-refractivity contribution in [3.63, 3.8) is 0 Å². The maximum Gasteiger partial charge on any atom is 0.0815 e. The van der Waals surface area contributed by atoms with E-state index in [1.165, 1.54) is 0 Å². The van der Waals surface area contributed by atoms with Crippen molar-refractivity contribution in [2.45, 2.75) is 0 Å². The molecule has 0 unspecified atom stereocenters. The third kappa shape index (κ3) is 5.33. The van der Waals surface area contributed by atoms with Crippen LogP contribution in [0.4, 0.5) is 5.69 Å². The smallest absolute Gasteiger partial charge is 0.0815 e. The lowest BCUT2D eigenvalue weighted by Crippen LogP contribution is -1.93. The zero-order valence-corrected chi connectivity index (χ0v) is 26.6. The van der Waals surface area contributed by atoms with Crippen LogP contribution in [0.5, 0.6) is 0 Å². The van der Waals surface area contributed by atoms with Crippen LogP contribution in [-0.2, 0) is 0 Å². The van der Waals surface area contributed by atoms with Crippen molar-refractivity contribution in [2.24, 2.45) is 0 Å². The van der Waals surface area contributed by atoms with Gasteiger partial charge in [-0.15, -0.1) is 0 Å². The van der Waals surface area contributed by atoms with Gasteiger partial charge in [0.1, 0.15) is 0 Å². The number of nitrogen functional groups attached to an aromatic ring is 1. The molecule has 8 bridgehead atoms. The van der Waals surface area contributed by atoms with Gasteiger partial charge in [0, 0.05) is 44.5 Å². The first-order valence-corrected chi connectivity index (χ1v) is 16.4. The van der Waals surface area contributed by atoms with Crippen LogP contribution in [-0.4, -0.2) is 19.9 Å². The summed E-state index contributed by atoms with van der Waals surface area (Å²) in [7, 11) is 0. The topological polar surface area (TPSA) is 83.4 Å². The van der Waals surface area contributed by atoms with E-state index in [-0.39, 0.29) is 0 Å². The van der Waals surface area contributed by atoms with E-state index in [4.69, 9.17) is 15.7 Å². The molecule has 0 fully saturated rings. The molecule has 49 heavy (non-hydrogen) atoms. The molecule has 0 radical (unpaired) electrons. The molecular formula is C44H31N5. The first-order valence-electron chi connectivity index (χ1n) is 16.4. The Bertz CT molecular complexity index is 2590. The SMILES string of the molecule is Nc1cccc(-c2c(-c3ccccc3)c3[nH]c2cc2nc(cc4ccc(cc5nc(c3-c3ccccc3)C(c3ccccc3)=C5)[nH]4)C=C2)c1. The van der Waals surface area contributed by atoms with Gasteiger partial charge in [0.25, 0.3) is 0 Å². The molecule has 4 N–H and O–H groups in total. The molecule has 0 atom stereocenters. The predicted octanol–water partition coefficient (Wildman–Crippen LogP) is 10.7. The molecule has 5 nitrogen and oxygen atoms in total. The molecule has 0 saturated carbocycles. The van der Waals surface area contributed by atoms with E-state index in [2.05, 4.69) is 150 Å². The highest BCUT2D eigenvalue weighted by molar-refractivity contribution is 6.11. The Labute approximate surface area is 283 Å². The van der Waals surface area contributed by atoms with Crippen LogP contribution in [0.15, 0.2) is 146 Å². The van der Waals surface area contributed by atoms with Crippen molar-refractivity contribution in [2.75, 3.05) is 5.73 Å². The van der Waals surface area contributed by atoms with E-state index in [1.54, 1.807) is 0 Å². The molecule has 3 aromatic heterocycles. The minimum Gasteiger partial charge on any atom is -0.399 e. The monoisotopic (exact) mass is 629 g/mol. The lowest BCUT2D eigenvalue weighted by molar-refractivity contribution is 1.30. The Balaban J connectivity index is 1.54. The van der Waals surface area contributed by atoms with Gasteiger partial charge < -0.3 is 15.7 Å². The molecule has 0 aliphatic carbocycles. The average Bonchev–Trinajstić information content (AvgIpc) is 3.94. The van der Waals surface area contributed by atoms with Crippen LogP contribution in [0.25, 0.3) is 79.2 Å². The van der Waals surface area contributed by atoms with Crippen molar-refractivity contribution in [1.82, 2.24) is 19.9 Å². The fraction of sp³-hybridized carbons (Fsp3) is 0. The van der Waals surface area contributed by atoms with E-state index in [0.717, 1.165) is 89.4 Å². The second-order valence-electron chi connectivity index (χ2n) is 12.3. The van der Waals surface area contributed by atoms with E-state index >= 15 is 0 Å². The Morgan fingerprint density at radius 2 is 1.04 bits per heavy atom. The molecular weight excluding hydrogens is 599 g/mol. The van der Waals surface area contributed by atoms with Gasteiger partial charge in [-0.25, -0.2) is 9.97 Å². The molecule has 0 saturated heterocycles. The third-order valence-corrected chi connectivity index (χ3v) is 9.00. The summed E-state index contributed by atoms with van der Waals surface area (Å²) in [6.07, 6.45) is 6.30. The fourth-order valence-corrected chi connectivity index (χ4v) is 6.87. The highest BCUT2D eigenvalue weighted by atomic mass is 14.8. The van der Waals surface area contributed by atoms with E-state index < -0.39 is 0 Å². The predicted molar refractivity (Wildman–Crippen MR) is 204 cm³/mol. The number of nitrogens with zero attached hydrogens (tertiary/aromatic N) is 2. The zero-order chi connectivity index (χ0) is 32.7. The molecule has 5 heteroatoms. The van der Waals surface area contributed by atoms with Crippen molar-refractivity contribution in [1.29, 1.82) is 0 Å². The standard InChI is InChI=1S/C44H31N5/c45-32-18-10-17-31(23-32)40-39-27-36-22-21-34(47-36)24-33-19-20-35(46-33)25-37-26-38(28-11-4-1-5-12-28)43(48-37)42(30-15-8-3-9-16-30)44(49-39)41(40)29-13-6-2-7-14-29/h1-27,46,49H,45H2. The number of H-pyrrole nitrogens is 2. The fourth-order valence-electron chi connectivity index (χ4n) is 6.87. The summed E-state index contributed by atoms with van der Waals surface area (Å²) in [6.45, 7) is 0. The van der Waals surface area contributed by atoms with Gasteiger partial charge >= 0.3 is 0 Å². The van der Waals surface area contributed by atoms with Crippen molar-refractivity contribution >= 4 is 51.6 Å². The molecule has 9 rings (SSSR count). The minimum atomic E-state index is 0.702. The second kappa shape index (κ2) is 11.8. The number of fused-ring (bicyclic) bond motifs is 8. The van der Waals surface area contributed by atoms with Crippen molar-refractivity contribution in [3.8, 4) is 33.4 Å². The van der Waals surface area contributed by atoms with Crippen LogP contribution in [0.3, 0.4) is 0 Å². The number of aromatic amines is 2. The summed E-state index contributed by atoms with van der Waals surface area (Å²) in [6, 6.07) is 50.2. The minimum absolute atomic E-state index is 0.702. The number of rotatable bonds is 4. The summed E-state index contributed by atoms with van der Waals surface area (Å²) in [5, 5.41) is 0. The van der Waals surface area contributed by atoms with Gasteiger partial charge in [-0.3, -0.25) is 0 Å². The number of benzene rings is 4. The zero-order valence-electron chi connectivity index (χ0n) is 26.6. The molecule has 5 heterocycles. The largest absolute Gasteiger partial charge is 0.399 e. The average molecular weight is 630 g/mol. The summed E-state index contributed by atoms with van der Waals surface area (Å²) in [4.78, 5) is 17.9. The first kappa shape index (κ1) is 28.5. The van der Waals surface area contributed by atoms with Crippen LogP contribution in [0.2, 0.25) is 0 Å². The molecule has 7 aromatic rings. The molecule has 2 aliphatic heterocycles. The quantitative estimate of drug-likeness (QED) is 0.169. The maximum absolute atomic E-state index is 6.44. The Morgan fingerprint density at radius 1 is 0.449 bits per heavy atom.